The lowest BCUT2D eigenvalue weighted by molar-refractivity contribution is 0.0692. The monoisotopic (exact) mass is 281 g/mol. The Balaban J connectivity index is 2.66. The van der Waals surface area contributed by atoms with Gasteiger partial charge in [0.1, 0.15) is 5.69 Å². The summed E-state index contributed by atoms with van der Waals surface area (Å²) in [5, 5.41) is 14.4. The maximum atomic E-state index is 11.8. The molecular weight excluding hydrogens is 258 g/mol. The van der Waals surface area contributed by atoms with Crippen LogP contribution in [-0.4, -0.2) is 28.6 Å². The predicted molar refractivity (Wildman–Crippen MR) is 78.1 cm³/mol. The summed E-state index contributed by atoms with van der Waals surface area (Å²) in [4.78, 5) is 25.6. The first-order valence-corrected chi connectivity index (χ1v) is 6.61. The number of urea groups is 1. The van der Waals surface area contributed by atoms with Crippen molar-refractivity contribution in [3.8, 4) is 0 Å². The van der Waals surface area contributed by atoms with Crippen LogP contribution in [0.4, 0.5) is 10.5 Å². The molecule has 20 heavy (non-hydrogen) atoms. The van der Waals surface area contributed by atoms with Crippen LogP contribution < -0.4 is 10.6 Å². The summed E-state index contributed by atoms with van der Waals surface area (Å²) in [6.45, 7) is 10.6. The number of carboxylic acids is 1. The molecule has 2 amide bonds. The Morgan fingerprint density at radius 3 is 2.50 bits per heavy atom. The number of aryl methyl sites for hydroxylation is 1. The van der Waals surface area contributed by atoms with Gasteiger partial charge in [0.2, 0.25) is 0 Å². The van der Waals surface area contributed by atoms with Gasteiger partial charge in [0, 0.05) is 12.2 Å². The van der Waals surface area contributed by atoms with E-state index in [1.54, 1.807) is 13.0 Å². The first-order valence-electron chi connectivity index (χ1n) is 6.61. The van der Waals surface area contributed by atoms with Crippen molar-refractivity contribution in [2.75, 3.05) is 11.9 Å². The molecule has 0 bridgehead atoms. The molecule has 0 radical (unpaired) electrons. The van der Waals surface area contributed by atoms with E-state index < -0.39 is 12.0 Å². The molecule has 1 aromatic heterocycles. The molecule has 0 saturated carbocycles. The van der Waals surface area contributed by atoms with Crippen molar-refractivity contribution < 1.29 is 14.7 Å². The van der Waals surface area contributed by atoms with Gasteiger partial charge in [-0.15, -0.1) is 0 Å². The minimum absolute atomic E-state index is 0.0132. The van der Waals surface area contributed by atoms with Crippen molar-refractivity contribution in [1.29, 1.82) is 0 Å². The van der Waals surface area contributed by atoms with E-state index in [-0.39, 0.29) is 16.8 Å². The van der Waals surface area contributed by atoms with E-state index in [0.717, 1.165) is 0 Å². The first-order chi connectivity index (χ1) is 9.13. The van der Waals surface area contributed by atoms with Crippen LogP contribution in [0.1, 0.15) is 43.9 Å². The van der Waals surface area contributed by atoms with Gasteiger partial charge in [0.05, 0.1) is 5.69 Å². The zero-order valence-corrected chi connectivity index (χ0v) is 12.6. The highest BCUT2D eigenvalue weighted by Crippen LogP contribution is 2.24. The summed E-state index contributed by atoms with van der Waals surface area (Å²) in [6.07, 6.45) is 0. The molecule has 0 aliphatic heterocycles. The molecule has 0 saturated heterocycles. The molecule has 0 aliphatic rings. The number of carboxylic acid groups (broad SMARTS) is 1. The molecule has 6 heteroatoms. The number of aromatic amines is 1. The van der Waals surface area contributed by atoms with Crippen LogP contribution >= 0.6 is 0 Å². The number of anilines is 1. The average Bonchev–Trinajstić information content (AvgIpc) is 2.67. The lowest BCUT2D eigenvalue weighted by atomic mass is 9.81. The van der Waals surface area contributed by atoms with Crippen molar-refractivity contribution in [1.82, 2.24) is 10.3 Å². The SMILES string of the molecule is Cc1cc(NC(=O)NCC(C)(C)C(C)C)c(C(=O)O)[nH]1. The number of rotatable bonds is 5. The number of carbonyl (C=O) groups is 2. The smallest absolute Gasteiger partial charge is 0.354 e. The maximum Gasteiger partial charge on any atom is 0.354 e. The van der Waals surface area contributed by atoms with E-state index >= 15 is 0 Å². The van der Waals surface area contributed by atoms with Crippen LogP contribution in [0.3, 0.4) is 0 Å². The van der Waals surface area contributed by atoms with Gasteiger partial charge < -0.3 is 20.7 Å². The van der Waals surface area contributed by atoms with Crippen molar-refractivity contribution in [3.05, 3.63) is 17.5 Å². The van der Waals surface area contributed by atoms with Crippen molar-refractivity contribution in [3.63, 3.8) is 0 Å². The molecule has 112 valence electrons. The Bertz CT molecular complexity index is 504. The molecule has 0 unspecified atom stereocenters. The Kier molecular flexibility index (Phi) is 4.81. The van der Waals surface area contributed by atoms with E-state index in [0.29, 0.717) is 18.2 Å². The summed E-state index contributed by atoms with van der Waals surface area (Å²) in [5.74, 6) is -0.678. The van der Waals surface area contributed by atoms with Gasteiger partial charge in [-0.05, 0) is 24.3 Å². The largest absolute Gasteiger partial charge is 0.477 e. The second-order valence-electron chi connectivity index (χ2n) is 6.00. The Hall–Kier alpha value is -1.98. The number of hydrogen-bond donors (Lipinski definition) is 4. The molecule has 0 atom stereocenters. The molecule has 4 N–H and O–H groups in total. The molecule has 6 nitrogen and oxygen atoms in total. The third-order valence-corrected chi connectivity index (χ3v) is 3.68. The van der Waals surface area contributed by atoms with E-state index in [9.17, 15) is 9.59 Å². The zero-order chi connectivity index (χ0) is 15.5. The third-order valence-electron chi connectivity index (χ3n) is 3.68. The first kappa shape index (κ1) is 16.1. The minimum Gasteiger partial charge on any atom is -0.477 e. The third kappa shape index (κ3) is 4.01. The fraction of sp³-hybridized carbons (Fsp3) is 0.571. The highest BCUT2D eigenvalue weighted by atomic mass is 16.4. The molecule has 1 aromatic rings. The maximum absolute atomic E-state index is 11.8. The average molecular weight is 281 g/mol. The Labute approximate surface area is 119 Å². The number of aromatic nitrogens is 1. The lowest BCUT2D eigenvalue weighted by Gasteiger charge is -2.29. The van der Waals surface area contributed by atoms with Crippen LogP contribution in [0, 0.1) is 18.3 Å². The standard InChI is InChI=1S/C14H23N3O3/c1-8(2)14(4,5)7-15-13(20)17-10-6-9(3)16-11(10)12(18)19/h6,8,16H,7H2,1-5H3,(H,18,19)(H2,15,17,20). The topological polar surface area (TPSA) is 94.2 Å². The Morgan fingerprint density at radius 2 is 2.00 bits per heavy atom. The van der Waals surface area contributed by atoms with E-state index in [1.165, 1.54) is 0 Å². The zero-order valence-electron chi connectivity index (χ0n) is 12.6. The molecule has 1 heterocycles. The van der Waals surface area contributed by atoms with Gasteiger partial charge >= 0.3 is 12.0 Å². The van der Waals surface area contributed by atoms with Crippen LogP contribution in [0.25, 0.3) is 0 Å². The number of aromatic carboxylic acids is 1. The van der Waals surface area contributed by atoms with Crippen LogP contribution in [0.15, 0.2) is 6.07 Å². The fourth-order valence-electron chi connectivity index (χ4n) is 1.54. The van der Waals surface area contributed by atoms with Gasteiger partial charge in [-0.25, -0.2) is 9.59 Å². The summed E-state index contributed by atoms with van der Waals surface area (Å²) in [5.41, 5.74) is 0.914. The van der Waals surface area contributed by atoms with Gasteiger partial charge in [0.25, 0.3) is 0 Å². The lowest BCUT2D eigenvalue weighted by Crippen LogP contribution is -2.39. The molecule has 1 rings (SSSR count). The summed E-state index contributed by atoms with van der Waals surface area (Å²) < 4.78 is 0. The van der Waals surface area contributed by atoms with Crippen LogP contribution in [-0.2, 0) is 0 Å². The van der Waals surface area contributed by atoms with Gasteiger partial charge in [-0.3, -0.25) is 0 Å². The van der Waals surface area contributed by atoms with E-state index in [4.69, 9.17) is 5.11 Å². The molecule has 0 spiro atoms. The summed E-state index contributed by atoms with van der Waals surface area (Å²) in [6, 6.07) is 1.19. The number of hydrogen-bond acceptors (Lipinski definition) is 2. The normalized spacial score (nSPS) is 11.5. The summed E-state index contributed by atoms with van der Waals surface area (Å²) in [7, 11) is 0. The number of H-pyrrole nitrogens is 1. The predicted octanol–water partition coefficient (Wildman–Crippen LogP) is 2.83. The van der Waals surface area contributed by atoms with Crippen molar-refractivity contribution in [2.24, 2.45) is 11.3 Å². The Morgan fingerprint density at radius 1 is 1.40 bits per heavy atom. The minimum atomic E-state index is -1.10. The highest BCUT2D eigenvalue weighted by Gasteiger charge is 2.23. The quantitative estimate of drug-likeness (QED) is 0.668. The van der Waals surface area contributed by atoms with E-state index in [1.807, 2.05) is 0 Å². The van der Waals surface area contributed by atoms with Crippen LogP contribution in [0.2, 0.25) is 0 Å². The second-order valence-corrected chi connectivity index (χ2v) is 6.00. The number of carbonyl (C=O) groups excluding carboxylic acids is 1. The van der Waals surface area contributed by atoms with Crippen LogP contribution in [0.5, 0.6) is 0 Å². The fourth-order valence-corrected chi connectivity index (χ4v) is 1.54. The van der Waals surface area contributed by atoms with Crippen molar-refractivity contribution >= 4 is 17.7 Å². The molecule has 0 aliphatic carbocycles. The van der Waals surface area contributed by atoms with Gasteiger partial charge in [-0.2, -0.15) is 0 Å². The van der Waals surface area contributed by atoms with Gasteiger partial charge in [-0.1, -0.05) is 27.7 Å². The van der Waals surface area contributed by atoms with E-state index in [2.05, 4.69) is 43.3 Å². The number of nitrogens with one attached hydrogen (secondary N) is 3. The second kappa shape index (κ2) is 5.98. The summed E-state index contributed by atoms with van der Waals surface area (Å²) >= 11 is 0. The molecule has 0 aromatic carbocycles. The number of amides is 2. The molecule has 0 fully saturated rings. The van der Waals surface area contributed by atoms with Crippen molar-refractivity contribution in [2.45, 2.75) is 34.6 Å². The van der Waals surface area contributed by atoms with Gasteiger partial charge in [0.15, 0.2) is 0 Å². The molecular formula is C14H23N3O3. The highest BCUT2D eigenvalue weighted by molar-refractivity contribution is 5.99.